The largest absolute Gasteiger partial charge is 0.444 e. The lowest BCUT2D eigenvalue weighted by Crippen LogP contribution is -2.44. The standard InChI is InChI=1S/C18H27ClN2O2/c1-18(2,3)23-17(22)21-11-7-6-9-15(13-21)20-12-14-8-4-5-10-16(14)19/h4-5,8,10,15,20H,6-7,9,11-13H2,1-3H3. The molecule has 5 heteroatoms. The molecule has 0 radical (unpaired) electrons. The number of amides is 1. The number of halogens is 1. The van der Waals surface area contributed by atoms with Crippen molar-refractivity contribution in [2.75, 3.05) is 13.1 Å². The average molecular weight is 339 g/mol. The Bertz CT molecular complexity index is 528. The van der Waals surface area contributed by atoms with Gasteiger partial charge in [-0.2, -0.15) is 0 Å². The maximum atomic E-state index is 12.3. The summed E-state index contributed by atoms with van der Waals surface area (Å²) in [7, 11) is 0. The molecule has 1 unspecified atom stereocenters. The molecule has 128 valence electrons. The second-order valence-electron chi connectivity index (χ2n) is 7.09. The summed E-state index contributed by atoms with van der Waals surface area (Å²) in [5.74, 6) is 0. The van der Waals surface area contributed by atoms with E-state index in [1.807, 2.05) is 49.9 Å². The van der Waals surface area contributed by atoms with E-state index in [4.69, 9.17) is 16.3 Å². The van der Waals surface area contributed by atoms with E-state index in [0.717, 1.165) is 36.4 Å². The summed E-state index contributed by atoms with van der Waals surface area (Å²) in [4.78, 5) is 14.1. The number of nitrogens with one attached hydrogen (secondary N) is 1. The lowest BCUT2D eigenvalue weighted by Gasteiger charge is -2.28. The van der Waals surface area contributed by atoms with E-state index in [-0.39, 0.29) is 12.1 Å². The molecule has 0 bridgehead atoms. The van der Waals surface area contributed by atoms with Gasteiger partial charge in [-0.15, -0.1) is 0 Å². The van der Waals surface area contributed by atoms with Gasteiger partial charge in [0.2, 0.25) is 0 Å². The number of likely N-dealkylation sites (tertiary alicyclic amines) is 1. The Morgan fingerprint density at radius 1 is 1.35 bits per heavy atom. The molecule has 1 saturated heterocycles. The molecule has 1 aliphatic heterocycles. The molecule has 2 rings (SSSR count). The molecule has 1 aliphatic rings. The van der Waals surface area contributed by atoms with Crippen molar-refractivity contribution in [2.45, 2.75) is 58.2 Å². The highest BCUT2D eigenvalue weighted by Crippen LogP contribution is 2.18. The van der Waals surface area contributed by atoms with Crippen molar-refractivity contribution in [2.24, 2.45) is 0 Å². The molecular weight excluding hydrogens is 312 g/mol. The monoisotopic (exact) mass is 338 g/mol. The molecule has 1 fully saturated rings. The molecule has 0 aliphatic carbocycles. The molecule has 23 heavy (non-hydrogen) atoms. The molecule has 1 aromatic carbocycles. The summed E-state index contributed by atoms with van der Waals surface area (Å²) in [5.41, 5.74) is 0.631. The van der Waals surface area contributed by atoms with Crippen LogP contribution < -0.4 is 5.32 Å². The van der Waals surface area contributed by atoms with Gasteiger partial charge >= 0.3 is 6.09 Å². The number of rotatable bonds is 3. The number of benzene rings is 1. The predicted octanol–water partition coefficient (Wildman–Crippen LogP) is 4.22. The Balaban J connectivity index is 1.92. The van der Waals surface area contributed by atoms with Gasteiger partial charge in [0.05, 0.1) is 0 Å². The summed E-state index contributed by atoms with van der Waals surface area (Å²) >= 11 is 6.20. The number of ether oxygens (including phenoxy) is 1. The van der Waals surface area contributed by atoms with E-state index in [1.54, 1.807) is 0 Å². The van der Waals surface area contributed by atoms with Gasteiger partial charge in [0.15, 0.2) is 0 Å². The van der Waals surface area contributed by atoms with Crippen LogP contribution in [0.15, 0.2) is 24.3 Å². The van der Waals surface area contributed by atoms with Gasteiger partial charge in [-0.3, -0.25) is 0 Å². The van der Waals surface area contributed by atoms with Gasteiger partial charge in [0.25, 0.3) is 0 Å². The van der Waals surface area contributed by atoms with Gasteiger partial charge in [-0.25, -0.2) is 4.79 Å². The number of carbonyl (C=O) groups excluding carboxylic acids is 1. The minimum absolute atomic E-state index is 0.219. The van der Waals surface area contributed by atoms with Crippen molar-refractivity contribution in [3.8, 4) is 0 Å². The zero-order chi connectivity index (χ0) is 16.9. The molecule has 1 N–H and O–H groups in total. The van der Waals surface area contributed by atoms with E-state index >= 15 is 0 Å². The van der Waals surface area contributed by atoms with E-state index in [1.165, 1.54) is 0 Å². The van der Waals surface area contributed by atoms with E-state index in [9.17, 15) is 4.79 Å². The van der Waals surface area contributed by atoms with Crippen LogP contribution in [0.25, 0.3) is 0 Å². The van der Waals surface area contributed by atoms with Crippen LogP contribution in [0, 0.1) is 0 Å². The fraction of sp³-hybridized carbons (Fsp3) is 0.611. The Morgan fingerprint density at radius 2 is 2.09 bits per heavy atom. The van der Waals surface area contributed by atoms with Crippen molar-refractivity contribution < 1.29 is 9.53 Å². The first kappa shape index (κ1) is 18.1. The van der Waals surface area contributed by atoms with E-state index in [0.29, 0.717) is 13.1 Å². The summed E-state index contributed by atoms with van der Waals surface area (Å²) in [6, 6.07) is 8.11. The van der Waals surface area contributed by atoms with Crippen LogP contribution in [0.4, 0.5) is 4.79 Å². The zero-order valence-corrected chi connectivity index (χ0v) is 15.0. The molecular formula is C18H27ClN2O2. The maximum absolute atomic E-state index is 12.3. The summed E-state index contributed by atoms with van der Waals surface area (Å²) in [5, 5.41) is 4.31. The maximum Gasteiger partial charge on any atom is 0.410 e. The number of carbonyl (C=O) groups is 1. The number of hydrogen-bond acceptors (Lipinski definition) is 3. The lowest BCUT2D eigenvalue weighted by molar-refractivity contribution is 0.0243. The zero-order valence-electron chi connectivity index (χ0n) is 14.3. The summed E-state index contributed by atoms with van der Waals surface area (Å²) in [6.07, 6.45) is 2.97. The van der Waals surface area contributed by atoms with Gasteiger partial charge in [-0.1, -0.05) is 36.2 Å². The van der Waals surface area contributed by atoms with Gasteiger partial charge in [0, 0.05) is 30.7 Å². The minimum Gasteiger partial charge on any atom is -0.444 e. The van der Waals surface area contributed by atoms with Crippen molar-refractivity contribution in [3.05, 3.63) is 34.9 Å². The highest BCUT2D eigenvalue weighted by Gasteiger charge is 2.26. The van der Waals surface area contributed by atoms with Crippen molar-refractivity contribution in [3.63, 3.8) is 0 Å². The summed E-state index contributed by atoms with van der Waals surface area (Å²) < 4.78 is 5.50. The molecule has 1 atom stereocenters. The fourth-order valence-corrected chi connectivity index (χ4v) is 2.90. The van der Waals surface area contributed by atoms with Gasteiger partial charge in [0.1, 0.15) is 5.60 Å². The van der Waals surface area contributed by atoms with Gasteiger partial charge in [-0.05, 0) is 45.2 Å². The topological polar surface area (TPSA) is 41.6 Å². The van der Waals surface area contributed by atoms with Crippen LogP contribution in [0.3, 0.4) is 0 Å². The lowest BCUT2D eigenvalue weighted by atomic mass is 10.1. The number of nitrogens with zero attached hydrogens (tertiary/aromatic N) is 1. The molecule has 1 aromatic rings. The fourth-order valence-electron chi connectivity index (χ4n) is 2.70. The Kier molecular flexibility index (Phi) is 6.31. The quantitative estimate of drug-likeness (QED) is 0.897. The van der Waals surface area contributed by atoms with Crippen molar-refractivity contribution in [1.29, 1.82) is 0 Å². The van der Waals surface area contributed by atoms with E-state index < -0.39 is 5.60 Å². The summed E-state index contributed by atoms with van der Waals surface area (Å²) in [6.45, 7) is 7.85. The van der Waals surface area contributed by atoms with E-state index in [2.05, 4.69) is 5.32 Å². The minimum atomic E-state index is -0.454. The molecule has 4 nitrogen and oxygen atoms in total. The van der Waals surface area contributed by atoms with Crippen LogP contribution in [0.5, 0.6) is 0 Å². The molecule has 1 heterocycles. The van der Waals surface area contributed by atoms with Crippen LogP contribution >= 0.6 is 11.6 Å². The number of hydrogen-bond donors (Lipinski definition) is 1. The average Bonchev–Trinajstić information content (AvgIpc) is 2.70. The Hall–Kier alpha value is -1.26. The van der Waals surface area contributed by atoms with Crippen molar-refractivity contribution >= 4 is 17.7 Å². The normalized spacial score (nSPS) is 19.3. The Labute approximate surface area is 144 Å². The SMILES string of the molecule is CC(C)(C)OC(=O)N1CCCCC(NCc2ccccc2Cl)C1. The first-order valence-electron chi connectivity index (χ1n) is 8.30. The first-order chi connectivity index (χ1) is 10.8. The van der Waals surface area contributed by atoms with Crippen LogP contribution in [0.1, 0.15) is 45.6 Å². The van der Waals surface area contributed by atoms with Crippen molar-refractivity contribution in [1.82, 2.24) is 10.2 Å². The second-order valence-corrected chi connectivity index (χ2v) is 7.50. The highest BCUT2D eigenvalue weighted by molar-refractivity contribution is 6.31. The molecule has 0 saturated carbocycles. The second kappa shape index (κ2) is 8.02. The predicted molar refractivity (Wildman–Crippen MR) is 93.7 cm³/mol. The third-order valence-corrected chi connectivity index (χ3v) is 4.23. The third-order valence-electron chi connectivity index (χ3n) is 3.86. The Morgan fingerprint density at radius 3 is 2.78 bits per heavy atom. The van der Waals surface area contributed by atoms with Crippen LogP contribution in [-0.2, 0) is 11.3 Å². The molecule has 0 spiro atoms. The molecule has 1 amide bonds. The van der Waals surface area contributed by atoms with Crippen LogP contribution in [-0.4, -0.2) is 35.7 Å². The first-order valence-corrected chi connectivity index (χ1v) is 8.68. The highest BCUT2D eigenvalue weighted by atomic mass is 35.5. The smallest absolute Gasteiger partial charge is 0.410 e. The van der Waals surface area contributed by atoms with Crippen LogP contribution in [0.2, 0.25) is 5.02 Å². The third kappa shape index (κ3) is 6.04. The van der Waals surface area contributed by atoms with Gasteiger partial charge < -0.3 is 15.0 Å². The molecule has 0 aromatic heterocycles.